The maximum atomic E-state index is 13.6. The largest absolute Gasteiger partial charge is 0.493 e. The molecule has 1 unspecified atom stereocenters. The molecule has 4 aromatic rings. The van der Waals surface area contributed by atoms with Crippen LogP contribution in [0.25, 0.3) is 0 Å². The fourth-order valence-electron chi connectivity index (χ4n) is 3.91. The molecule has 0 fully saturated rings. The molecule has 8 nitrogen and oxygen atoms in total. The highest BCUT2D eigenvalue weighted by Crippen LogP contribution is 2.33. The van der Waals surface area contributed by atoms with Crippen LogP contribution < -0.4 is 24.8 Å². The van der Waals surface area contributed by atoms with Crippen LogP contribution in [-0.4, -0.2) is 33.3 Å². The molecule has 0 radical (unpaired) electrons. The average Bonchev–Trinajstić information content (AvgIpc) is 2.96. The third-order valence-electron chi connectivity index (χ3n) is 5.80. The SMILES string of the molecule is COC(=O)c1cc(NC(=O)Nc2ccc(OC)c(OC)c2)ccc1OC(c1ccccc1)c1ccc(F)cc1. The lowest BCUT2D eigenvalue weighted by Gasteiger charge is -2.22. The van der Waals surface area contributed by atoms with E-state index in [-0.39, 0.29) is 17.1 Å². The van der Waals surface area contributed by atoms with Gasteiger partial charge in [-0.2, -0.15) is 0 Å². The van der Waals surface area contributed by atoms with Gasteiger partial charge in [-0.3, -0.25) is 0 Å². The zero-order chi connectivity index (χ0) is 27.8. The number of methoxy groups -OCH3 is 3. The second kappa shape index (κ2) is 12.5. The highest BCUT2D eigenvalue weighted by atomic mass is 19.1. The molecule has 4 rings (SSSR count). The summed E-state index contributed by atoms with van der Waals surface area (Å²) in [6.07, 6.45) is -0.637. The van der Waals surface area contributed by atoms with Crippen molar-refractivity contribution in [3.05, 3.63) is 114 Å². The fourth-order valence-corrected chi connectivity index (χ4v) is 3.91. The molecule has 0 aliphatic carbocycles. The van der Waals surface area contributed by atoms with E-state index in [9.17, 15) is 14.0 Å². The second-order valence-corrected chi connectivity index (χ2v) is 8.31. The van der Waals surface area contributed by atoms with E-state index >= 15 is 0 Å². The van der Waals surface area contributed by atoms with Crippen molar-refractivity contribution in [3.8, 4) is 17.2 Å². The zero-order valence-corrected chi connectivity index (χ0v) is 21.6. The summed E-state index contributed by atoms with van der Waals surface area (Å²) in [5.74, 6) is 0.184. The standard InChI is InChI=1S/C30H27FN2O6/c1-36-26-16-14-23(18-27(26)37-2)33-30(35)32-22-13-15-25(24(17-22)29(34)38-3)39-28(19-7-5-4-6-8-19)20-9-11-21(31)12-10-20/h4-18,28H,1-3H3,(H2,32,33,35). The van der Waals surface area contributed by atoms with E-state index in [2.05, 4.69) is 10.6 Å². The predicted octanol–water partition coefficient (Wildman–Crippen LogP) is 6.44. The summed E-state index contributed by atoms with van der Waals surface area (Å²) in [6, 6.07) is 24.3. The Morgan fingerprint density at radius 1 is 0.692 bits per heavy atom. The lowest BCUT2D eigenvalue weighted by molar-refractivity contribution is 0.0594. The predicted molar refractivity (Wildman–Crippen MR) is 145 cm³/mol. The topological polar surface area (TPSA) is 95.1 Å². The maximum absolute atomic E-state index is 13.6. The smallest absolute Gasteiger partial charge is 0.341 e. The lowest BCUT2D eigenvalue weighted by Crippen LogP contribution is -2.20. The number of anilines is 2. The van der Waals surface area contributed by atoms with Gasteiger partial charge in [0.25, 0.3) is 0 Å². The number of hydrogen-bond donors (Lipinski definition) is 2. The number of carbonyl (C=O) groups is 2. The Morgan fingerprint density at radius 3 is 1.90 bits per heavy atom. The van der Waals surface area contributed by atoms with Gasteiger partial charge in [0.1, 0.15) is 23.2 Å². The van der Waals surface area contributed by atoms with E-state index in [0.29, 0.717) is 28.4 Å². The minimum Gasteiger partial charge on any atom is -0.493 e. The highest BCUT2D eigenvalue weighted by molar-refractivity contribution is 6.01. The van der Waals surface area contributed by atoms with Gasteiger partial charge in [-0.05, 0) is 53.6 Å². The van der Waals surface area contributed by atoms with Crippen molar-refractivity contribution in [2.75, 3.05) is 32.0 Å². The number of urea groups is 1. The zero-order valence-electron chi connectivity index (χ0n) is 21.6. The molecule has 0 spiro atoms. The Morgan fingerprint density at radius 2 is 1.28 bits per heavy atom. The molecule has 0 heterocycles. The fraction of sp³-hybridized carbons (Fsp3) is 0.133. The number of carbonyl (C=O) groups excluding carboxylic acids is 2. The number of halogens is 1. The van der Waals surface area contributed by atoms with Gasteiger partial charge in [-0.1, -0.05) is 42.5 Å². The van der Waals surface area contributed by atoms with Crippen molar-refractivity contribution in [2.45, 2.75) is 6.10 Å². The number of nitrogens with one attached hydrogen (secondary N) is 2. The Labute approximate surface area is 225 Å². The van der Waals surface area contributed by atoms with Gasteiger partial charge in [0.05, 0.1) is 21.3 Å². The van der Waals surface area contributed by atoms with E-state index in [4.69, 9.17) is 18.9 Å². The number of amides is 2. The molecule has 0 aromatic heterocycles. The van der Waals surface area contributed by atoms with Crippen molar-refractivity contribution in [1.29, 1.82) is 0 Å². The molecule has 4 aromatic carbocycles. The van der Waals surface area contributed by atoms with Crippen molar-refractivity contribution in [2.24, 2.45) is 0 Å². The molecule has 0 saturated heterocycles. The third kappa shape index (κ3) is 6.64. The van der Waals surface area contributed by atoms with Gasteiger partial charge in [-0.15, -0.1) is 0 Å². The number of ether oxygens (including phenoxy) is 4. The van der Waals surface area contributed by atoms with Gasteiger partial charge >= 0.3 is 12.0 Å². The number of hydrogen-bond acceptors (Lipinski definition) is 6. The van der Waals surface area contributed by atoms with Crippen LogP contribution in [0.5, 0.6) is 17.2 Å². The molecule has 200 valence electrons. The van der Waals surface area contributed by atoms with Crippen LogP contribution in [0.3, 0.4) is 0 Å². The number of esters is 1. The van der Waals surface area contributed by atoms with E-state index in [0.717, 1.165) is 5.56 Å². The molecule has 0 bridgehead atoms. The molecule has 1 atom stereocenters. The summed E-state index contributed by atoms with van der Waals surface area (Å²) in [5, 5.41) is 5.41. The highest BCUT2D eigenvalue weighted by Gasteiger charge is 2.22. The summed E-state index contributed by atoms with van der Waals surface area (Å²) in [6.45, 7) is 0. The minimum atomic E-state index is -0.653. The first-order valence-corrected chi connectivity index (χ1v) is 11.9. The van der Waals surface area contributed by atoms with Crippen molar-refractivity contribution >= 4 is 23.4 Å². The Kier molecular flexibility index (Phi) is 8.63. The van der Waals surface area contributed by atoms with Gasteiger partial charge < -0.3 is 29.6 Å². The maximum Gasteiger partial charge on any atom is 0.341 e. The second-order valence-electron chi connectivity index (χ2n) is 8.31. The van der Waals surface area contributed by atoms with Crippen molar-refractivity contribution < 1.29 is 32.9 Å². The molecule has 2 amide bonds. The van der Waals surface area contributed by atoms with Gasteiger partial charge in [-0.25, -0.2) is 14.0 Å². The van der Waals surface area contributed by atoms with E-state index in [1.807, 2.05) is 30.3 Å². The van der Waals surface area contributed by atoms with E-state index in [1.165, 1.54) is 39.5 Å². The number of rotatable bonds is 9. The van der Waals surface area contributed by atoms with Gasteiger partial charge in [0.15, 0.2) is 11.5 Å². The van der Waals surface area contributed by atoms with Gasteiger partial charge in [0.2, 0.25) is 0 Å². The lowest BCUT2D eigenvalue weighted by atomic mass is 10.0. The monoisotopic (exact) mass is 530 g/mol. The summed E-state index contributed by atoms with van der Waals surface area (Å²) < 4.78 is 35.3. The first-order chi connectivity index (χ1) is 18.9. The summed E-state index contributed by atoms with van der Waals surface area (Å²) in [5.41, 5.74) is 2.40. The molecule has 9 heteroatoms. The van der Waals surface area contributed by atoms with Crippen LogP contribution in [0.1, 0.15) is 27.6 Å². The molecule has 0 aliphatic rings. The number of benzene rings is 4. The average molecular weight is 531 g/mol. The van der Waals surface area contributed by atoms with Crippen LogP contribution in [-0.2, 0) is 4.74 Å². The summed E-state index contributed by atoms with van der Waals surface area (Å²) in [7, 11) is 4.27. The van der Waals surface area contributed by atoms with Crippen molar-refractivity contribution in [3.63, 3.8) is 0 Å². The summed E-state index contributed by atoms with van der Waals surface area (Å²) >= 11 is 0. The molecule has 0 saturated carbocycles. The quantitative estimate of drug-likeness (QED) is 0.242. The van der Waals surface area contributed by atoms with E-state index in [1.54, 1.807) is 42.5 Å². The molecular formula is C30H27FN2O6. The van der Waals surface area contributed by atoms with Crippen LogP contribution in [0.2, 0.25) is 0 Å². The Bertz CT molecular complexity index is 1440. The van der Waals surface area contributed by atoms with Crippen molar-refractivity contribution in [1.82, 2.24) is 0 Å². The van der Waals surface area contributed by atoms with Crippen LogP contribution in [0, 0.1) is 5.82 Å². The van der Waals surface area contributed by atoms with Crippen LogP contribution >= 0.6 is 0 Å². The molecular weight excluding hydrogens is 503 g/mol. The summed E-state index contributed by atoms with van der Waals surface area (Å²) in [4.78, 5) is 25.4. The normalized spacial score (nSPS) is 11.2. The first kappa shape index (κ1) is 27.0. The molecule has 2 N–H and O–H groups in total. The Hall–Kier alpha value is -5.05. The Balaban J connectivity index is 1.59. The molecule has 0 aliphatic heterocycles. The van der Waals surface area contributed by atoms with Crippen LogP contribution in [0.15, 0.2) is 91.0 Å². The van der Waals surface area contributed by atoms with Gasteiger partial charge in [0, 0.05) is 17.4 Å². The third-order valence-corrected chi connectivity index (χ3v) is 5.80. The van der Waals surface area contributed by atoms with E-state index < -0.39 is 18.1 Å². The first-order valence-electron chi connectivity index (χ1n) is 11.9. The van der Waals surface area contributed by atoms with Crippen LogP contribution in [0.4, 0.5) is 20.6 Å². The minimum absolute atomic E-state index is 0.101. The molecule has 39 heavy (non-hydrogen) atoms.